The molecule has 0 aliphatic heterocycles. The molecule has 0 aliphatic carbocycles. The number of carboxylic acids is 1. The Labute approximate surface area is 238 Å². The maximum absolute atomic E-state index is 13.3. The fourth-order valence-electron chi connectivity index (χ4n) is 4.23. The van der Waals surface area contributed by atoms with Crippen molar-refractivity contribution in [1.29, 1.82) is 0 Å². The summed E-state index contributed by atoms with van der Waals surface area (Å²) in [5.74, 6) is -2.87. The highest BCUT2D eigenvalue weighted by atomic mass is 32.1. The maximum Gasteiger partial charge on any atom is 0.326 e. The first-order valence-corrected chi connectivity index (χ1v) is 13.7. The van der Waals surface area contributed by atoms with Crippen LogP contribution >= 0.6 is 12.6 Å². The predicted molar refractivity (Wildman–Crippen MR) is 156 cm³/mol. The van der Waals surface area contributed by atoms with Crippen LogP contribution in [0.2, 0.25) is 0 Å². The third-order valence-electron chi connectivity index (χ3n) is 6.40. The van der Waals surface area contributed by atoms with E-state index in [1.165, 1.54) is 0 Å². The fraction of sp³-hybridized carbons (Fsp3) is 0.345. The largest absolute Gasteiger partial charge is 0.480 e. The number of amides is 3. The SMILES string of the molecule is NCCCCC(NC(=O)[C@H](CS)NC(=O)C(Cc1ccncc1)NC(=O)Cc1ccc2ccccc2c1)C(=O)O. The molecule has 0 spiro atoms. The standard InChI is InChI=1S/C29H35N5O5S/c30-12-4-3-7-23(29(38)39)33-28(37)25(18-40)34-27(36)24(16-19-10-13-31-14-11-19)32-26(35)17-20-8-9-21-5-1-2-6-22(21)15-20/h1-2,5-6,8-11,13-15,23-25,40H,3-4,7,12,16-18,30H2,(H,32,35)(H,33,37)(H,34,36)(H,38,39)/t23?,24?,25-/m0/s1. The van der Waals surface area contributed by atoms with Gasteiger partial charge < -0.3 is 26.8 Å². The molecule has 0 aliphatic rings. The van der Waals surface area contributed by atoms with Gasteiger partial charge in [-0.05, 0) is 59.8 Å². The Morgan fingerprint density at radius 2 is 1.50 bits per heavy atom. The van der Waals surface area contributed by atoms with Crippen molar-refractivity contribution >= 4 is 47.1 Å². The van der Waals surface area contributed by atoms with Crippen molar-refractivity contribution < 1.29 is 24.3 Å². The summed E-state index contributed by atoms with van der Waals surface area (Å²) < 4.78 is 0. The lowest BCUT2D eigenvalue weighted by Crippen LogP contribution is -2.57. The van der Waals surface area contributed by atoms with Crippen molar-refractivity contribution in [2.45, 2.75) is 50.2 Å². The smallest absolute Gasteiger partial charge is 0.326 e. The van der Waals surface area contributed by atoms with E-state index < -0.39 is 35.9 Å². The van der Waals surface area contributed by atoms with E-state index in [1.807, 2.05) is 42.5 Å². The van der Waals surface area contributed by atoms with Gasteiger partial charge in [-0.15, -0.1) is 0 Å². The summed E-state index contributed by atoms with van der Waals surface area (Å²) in [5.41, 5.74) is 7.03. The van der Waals surface area contributed by atoms with Gasteiger partial charge in [-0.3, -0.25) is 19.4 Å². The summed E-state index contributed by atoms with van der Waals surface area (Å²) in [7, 11) is 0. The number of carbonyl (C=O) groups is 4. The van der Waals surface area contributed by atoms with Gasteiger partial charge in [-0.2, -0.15) is 12.6 Å². The van der Waals surface area contributed by atoms with Gasteiger partial charge >= 0.3 is 5.97 Å². The lowest BCUT2D eigenvalue weighted by atomic mass is 10.0. The number of nitrogens with two attached hydrogens (primary N) is 1. The molecule has 3 aromatic rings. The van der Waals surface area contributed by atoms with Crippen LogP contribution in [0.25, 0.3) is 10.8 Å². The third-order valence-corrected chi connectivity index (χ3v) is 6.76. The highest BCUT2D eigenvalue weighted by Crippen LogP contribution is 2.16. The number of aliphatic carboxylic acids is 1. The summed E-state index contributed by atoms with van der Waals surface area (Å²) >= 11 is 4.19. The minimum atomic E-state index is -1.17. The van der Waals surface area contributed by atoms with Crippen molar-refractivity contribution in [3.05, 3.63) is 78.1 Å². The number of hydrogen-bond donors (Lipinski definition) is 6. The van der Waals surface area contributed by atoms with Crippen LogP contribution in [0.3, 0.4) is 0 Å². The van der Waals surface area contributed by atoms with E-state index in [1.54, 1.807) is 24.5 Å². The second-order valence-corrected chi connectivity index (χ2v) is 9.83. The number of benzene rings is 2. The molecule has 2 aromatic carbocycles. The number of pyridine rings is 1. The minimum absolute atomic E-state index is 0.0601. The van der Waals surface area contributed by atoms with E-state index in [0.29, 0.717) is 19.4 Å². The molecule has 6 N–H and O–H groups in total. The summed E-state index contributed by atoms with van der Waals surface area (Å²) in [6.45, 7) is 0.418. The molecular formula is C29H35N5O5S. The number of nitrogens with one attached hydrogen (secondary N) is 3. The number of carbonyl (C=O) groups excluding carboxylic acids is 3. The second kappa shape index (κ2) is 15.6. The quantitative estimate of drug-likeness (QED) is 0.120. The Morgan fingerprint density at radius 3 is 2.17 bits per heavy atom. The molecule has 0 radical (unpaired) electrons. The van der Waals surface area contributed by atoms with Gasteiger partial charge in [-0.25, -0.2) is 4.79 Å². The molecule has 0 saturated carbocycles. The topological polar surface area (TPSA) is 164 Å². The van der Waals surface area contributed by atoms with Gasteiger partial charge in [0.2, 0.25) is 17.7 Å². The number of hydrogen-bond acceptors (Lipinski definition) is 7. The zero-order chi connectivity index (χ0) is 28.9. The van der Waals surface area contributed by atoms with Crippen LogP contribution in [-0.2, 0) is 32.0 Å². The molecule has 0 fully saturated rings. The van der Waals surface area contributed by atoms with Gasteiger partial charge in [-0.1, -0.05) is 42.5 Å². The Morgan fingerprint density at radius 1 is 0.825 bits per heavy atom. The summed E-state index contributed by atoms with van der Waals surface area (Å²) in [6.07, 6.45) is 4.76. The normalized spacial score (nSPS) is 13.2. The Bertz CT molecular complexity index is 1310. The predicted octanol–water partition coefficient (Wildman–Crippen LogP) is 1.62. The average Bonchev–Trinajstić information content (AvgIpc) is 2.95. The van der Waals surface area contributed by atoms with Crippen molar-refractivity contribution in [1.82, 2.24) is 20.9 Å². The number of aromatic nitrogens is 1. The van der Waals surface area contributed by atoms with Gasteiger partial charge in [0.25, 0.3) is 0 Å². The molecule has 1 heterocycles. The van der Waals surface area contributed by atoms with Crippen LogP contribution in [0, 0.1) is 0 Å². The average molecular weight is 566 g/mol. The van der Waals surface area contributed by atoms with Crippen LogP contribution in [0.1, 0.15) is 30.4 Å². The molecule has 0 bridgehead atoms. The molecule has 2 unspecified atom stereocenters. The molecule has 40 heavy (non-hydrogen) atoms. The van der Waals surface area contributed by atoms with Crippen LogP contribution < -0.4 is 21.7 Å². The fourth-order valence-corrected chi connectivity index (χ4v) is 4.49. The van der Waals surface area contributed by atoms with Crippen LogP contribution in [0.4, 0.5) is 0 Å². The molecule has 1 aromatic heterocycles. The molecule has 3 atom stereocenters. The Balaban J connectivity index is 1.69. The molecule has 3 rings (SSSR count). The lowest BCUT2D eigenvalue weighted by molar-refractivity contribution is -0.142. The van der Waals surface area contributed by atoms with Crippen molar-refractivity contribution in [3.63, 3.8) is 0 Å². The van der Waals surface area contributed by atoms with Gasteiger partial charge in [0, 0.05) is 24.6 Å². The second-order valence-electron chi connectivity index (χ2n) is 9.47. The Hall–Kier alpha value is -3.96. The number of nitrogens with zero attached hydrogens (tertiary/aromatic N) is 1. The van der Waals surface area contributed by atoms with E-state index in [0.717, 1.165) is 21.9 Å². The lowest BCUT2D eigenvalue weighted by Gasteiger charge is -2.24. The van der Waals surface area contributed by atoms with E-state index in [2.05, 4.69) is 33.6 Å². The number of rotatable bonds is 15. The van der Waals surface area contributed by atoms with Crippen LogP contribution in [0.15, 0.2) is 67.0 Å². The first kappa shape index (κ1) is 30.6. The van der Waals surface area contributed by atoms with E-state index in [9.17, 15) is 24.3 Å². The zero-order valence-electron chi connectivity index (χ0n) is 22.1. The molecule has 3 amide bonds. The van der Waals surface area contributed by atoms with E-state index in [-0.39, 0.29) is 30.9 Å². The monoisotopic (exact) mass is 565 g/mol. The first-order chi connectivity index (χ1) is 19.3. The van der Waals surface area contributed by atoms with Crippen LogP contribution in [0.5, 0.6) is 0 Å². The van der Waals surface area contributed by atoms with E-state index >= 15 is 0 Å². The highest BCUT2D eigenvalue weighted by molar-refractivity contribution is 7.80. The number of unbranched alkanes of at least 4 members (excludes halogenated alkanes) is 1. The Kier molecular flexibility index (Phi) is 11.9. The van der Waals surface area contributed by atoms with Gasteiger partial charge in [0.1, 0.15) is 18.1 Å². The summed E-state index contributed by atoms with van der Waals surface area (Å²) in [5, 5.41) is 19.4. The number of thiol groups is 1. The van der Waals surface area contributed by atoms with Crippen LogP contribution in [-0.4, -0.2) is 64.2 Å². The first-order valence-electron chi connectivity index (χ1n) is 13.1. The summed E-state index contributed by atoms with van der Waals surface area (Å²) in [6, 6.07) is 13.8. The van der Waals surface area contributed by atoms with Crippen molar-refractivity contribution in [3.8, 4) is 0 Å². The molecule has 212 valence electrons. The third kappa shape index (κ3) is 9.35. The highest BCUT2D eigenvalue weighted by Gasteiger charge is 2.29. The zero-order valence-corrected chi connectivity index (χ0v) is 23.0. The molecular weight excluding hydrogens is 530 g/mol. The molecule has 0 saturated heterocycles. The van der Waals surface area contributed by atoms with Crippen molar-refractivity contribution in [2.75, 3.05) is 12.3 Å². The minimum Gasteiger partial charge on any atom is -0.480 e. The molecule has 10 nitrogen and oxygen atoms in total. The summed E-state index contributed by atoms with van der Waals surface area (Å²) in [4.78, 5) is 54.8. The van der Waals surface area contributed by atoms with Gasteiger partial charge in [0.15, 0.2) is 0 Å². The van der Waals surface area contributed by atoms with Crippen molar-refractivity contribution in [2.24, 2.45) is 5.73 Å². The maximum atomic E-state index is 13.3. The molecule has 11 heteroatoms. The number of carboxylic acid groups (broad SMARTS) is 1. The number of fused-ring (bicyclic) bond motifs is 1. The van der Waals surface area contributed by atoms with E-state index in [4.69, 9.17) is 5.73 Å². The van der Waals surface area contributed by atoms with Gasteiger partial charge in [0.05, 0.1) is 6.42 Å².